The largest absolute Gasteiger partial charge is 0.342 e. The molecule has 0 aromatic rings. The van der Waals surface area contributed by atoms with Gasteiger partial charge in [-0.25, -0.2) is 0 Å². The van der Waals surface area contributed by atoms with Gasteiger partial charge < -0.3 is 10.6 Å². The summed E-state index contributed by atoms with van der Waals surface area (Å²) in [5, 5.41) is 0. The average molecular weight is 267 g/mol. The Balaban J connectivity index is 1.76. The van der Waals surface area contributed by atoms with E-state index in [-0.39, 0.29) is 5.91 Å². The third kappa shape index (κ3) is 3.93. The molecule has 19 heavy (non-hydrogen) atoms. The minimum absolute atomic E-state index is 0.289. The molecule has 1 aliphatic carbocycles. The maximum absolute atomic E-state index is 12.3. The van der Waals surface area contributed by atoms with Crippen molar-refractivity contribution >= 4 is 5.91 Å². The average Bonchev–Trinajstić information content (AvgIpc) is 2.86. The van der Waals surface area contributed by atoms with Crippen LogP contribution >= 0.6 is 0 Å². The molecule has 2 aliphatic rings. The third-order valence-corrected chi connectivity index (χ3v) is 4.99. The van der Waals surface area contributed by atoms with Crippen molar-refractivity contribution in [1.29, 1.82) is 0 Å². The van der Waals surface area contributed by atoms with Crippen LogP contribution in [0.15, 0.2) is 0 Å². The number of likely N-dealkylation sites (N-methyl/N-ethyl adjacent to an activating group) is 1. The van der Waals surface area contributed by atoms with Gasteiger partial charge in [-0.1, -0.05) is 6.92 Å². The Morgan fingerprint density at radius 3 is 2.53 bits per heavy atom. The number of rotatable bonds is 4. The Bertz CT molecular complexity index is 300. The summed E-state index contributed by atoms with van der Waals surface area (Å²) in [4.78, 5) is 16.6. The van der Waals surface area contributed by atoms with Crippen LogP contribution in [-0.4, -0.2) is 55.0 Å². The number of amides is 1. The molecule has 0 spiro atoms. The molecule has 2 fully saturated rings. The lowest BCUT2D eigenvalue weighted by atomic mass is 9.87. The molecule has 2 N–H and O–H groups in total. The molecule has 1 aliphatic heterocycles. The Morgan fingerprint density at radius 1 is 1.26 bits per heavy atom. The topological polar surface area (TPSA) is 49.6 Å². The molecule has 1 amide bonds. The van der Waals surface area contributed by atoms with Crippen LogP contribution in [-0.2, 0) is 4.79 Å². The van der Waals surface area contributed by atoms with E-state index in [0.717, 1.165) is 32.0 Å². The standard InChI is InChI=1S/C15H29N3O/c1-12-3-5-14(6-4-12)17(2)15(19)11-18-8-7-13(9-16)10-18/h12-14H,3-11,16H2,1-2H3. The Labute approximate surface area is 117 Å². The van der Waals surface area contributed by atoms with Gasteiger partial charge in [-0.3, -0.25) is 9.69 Å². The molecular formula is C15H29N3O. The van der Waals surface area contributed by atoms with Gasteiger partial charge in [0.15, 0.2) is 0 Å². The number of nitrogens with zero attached hydrogens (tertiary/aromatic N) is 2. The summed E-state index contributed by atoms with van der Waals surface area (Å²) in [5.41, 5.74) is 5.69. The van der Waals surface area contributed by atoms with E-state index >= 15 is 0 Å². The number of likely N-dealkylation sites (tertiary alicyclic amines) is 1. The molecule has 1 atom stereocenters. The second-order valence-electron chi connectivity index (χ2n) is 6.54. The van der Waals surface area contributed by atoms with Gasteiger partial charge in [0, 0.05) is 19.6 Å². The molecular weight excluding hydrogens is 238 g/mol. The number of carbonyl (C=O) groups is 1. The fourth-order valence-corrected chi connectivity index (χ4v) is 3.39. The number of nitrogens with two attached hydrogens (primary N) is 1. The minimum Gasteiger partial charge on any atom is -0.342 e. The van der Waals surface area contributed by atoms with Crippen molar-refractivity contribution in [2.75, 3.05) is 33.2 Å². The van der Waals surface area contributed by atoms with E-state index in [0.29, 0.717) is 18.5 Å². The summed E-state index contributed by atoms with van der Waals surface area (Å²) in [7, 11) is 1.99. The van der Waals surface area contributed by atoms with Gasteiger partial charge in [0.25, 0.3) is 0 Å². The monoisotopic (exact) mass is 267 g/mol. The molecule has 1 heterocycles. The van der Waals surface area contributed by atoms with Crippen molar-refractivity contribution in [2.24, 2.45) is 17.6 Å². The van der Waals surface area contributed by atoms with Gasteiger partial charge in [0.05, 0.1) is 6.54 Å². The first-order chi connectivity index (χ1) is 9.10. The van der Waals surface area contributed by atoms with Gasteiger partial charge >= 0.3 is 0 Å². The fraction of sp³-hybridized carbons (Fsp3) is 0.933. The zero-order valence-corrected chi connectivity index (χ0v) is 12.5. The first kappa shape index (κ1) is 14.8. The molecule has 1 unspecified atom stereocenters. The molecule has 1 saturated heterocycles. The predicted octanol–water partition coefficient (Wildman–Crippen LogP) is 1.30. The lowest BCUT2D eigenvalue weighted by molar-refractivity contribution is -0.133. The highest BCUT2D eigenvalue weighted by molar-refractivity contribution is 5.78. The van der Waals surface area contributed by atoms with Crippen LogP contribution in [0.1, 0.15) is 39.0 Å². The molecule has 1 saturated carbocycles. The normalized spacial score (nSPS) is 32.5. The summed E-state index contributed by atoms with van der Waals surface area (Å²) < 4.78 is 0. The first-order valence-electron chi connectivity index (χ1n) is 7.78. The number of hydrogen-bond donors (Lipinski definition) is 1. The highest BCUT2D eigenvalue weighted by Gasteiger charge is 2.28. The molecule has 0 aromatic heterocycles. The van der Waals surface area contributed by atoms with Gasteiger partial charge in [0.1, 0.15) is 0 Å². The molecule has 0 aromatic carbocycles. The second kappa shape index (κ2) is 6.71. The highest BCUT2D eigenvalue weighted by atomic mass is 16.2. The Hall–Kier alpha value is -0.610. The molecule has 0 bridgehead atoms. The number of hydrogen-bond acceptors (Lipinski definition) is 3. The molecule has 4 nitrogen and oxygen atoms in total. The Kier molecular flexibility index (Phi) is 5.22. The zero-order chi connectivity index (χ0) is 13.8. The zero-order valence-electron chi connectivity index (χ0n) is 12.5. The summed E-state index contributed by atoms with van der Waals surface area (Å²) >= 11 is 0. The highest BCUT2D eigenvalue weighted by Crippen LogP contribution is 2.26. The maximum Gasteiger partial charge on any atom is 0.236 e. The van der Waals surface area contributed by atoms with E-state index in [2.05, 4.69) is 11.8 Å². The maximum atomic E-state index is 12.3. The van der Waals surface area contributed by atoms with Crippen LogP contribution in [0.3, 0.4) is 0 Å². The molecule has 4 heteroatoms. The molecule has 110 valence electrons. The van der Waals surface area contributed by atoms with E-state index in [1.165, 1.54) is 25.7 Å². The fourth-order valence-electron chi connectivity index (χ4n) is 3.39. The predicted molar refractivity (Wildman–Crippen MR) is 77.8 cm³/mol. The SMILES string of the molecule is CC1CCC(N(C)C(=O)CN2CCC(CN)C2)CC1. The van der Waals surface area contributed by atoms with Gasteiger partial charge in [-0.15, -0.1) is 0 Å². The van der Waals surface area contributed by atoms with E-state index in [1.807, 2.05) is 11.9 Å². The Morgan fingerprint density at radius 2 is 1.95 bits per heavy atom. The van der Waals surface area contributed by atoms with Crippen LogP contribution in [0.25, 0.3) is 0 Å². The van der Waals surface area contributed by atoms with Crippen molar-refractivity contribution in [3.63, 3.8) is 0 Å². The second-order valence-corrected chi connectivity index (χ2v) is 6.54. The third-order valence-electron chi connectivity index (χ3n) is 4.99. The first-order valence-corrected chi connectivity index (χ1v) is 7.78. The van der Waals surface area contributed by atoms with Crippen LogP contribution < -0.4 is 5.73 Å². The van der Waals surface area contributed by atoms with Crippen LogP contribution in [0.2, 0.25) is 0 Å². The van der Waals surface area contributed by atoms with E-state index in [4.69, 9.17) is 5.73 Å². The minimum atomic E-state index is 0.289. The quantitative estimate of drug-likeness (QED) is 0.835. The van der Waals surface area contributed by atoms with Crippen molar-refractivity contribution < 1.29 is 4.79 Å². The van der Waals surface area contributed by atoms with Crippen LogP contribution in [0.5, 0.6) is 0 Å². The molecule has 0 radical (unpaired) electrons. The van der Waals surface area contributed by atoms with Gasteiger partial charge in [0.2, 0.25) is 5.91 Å². The summed E-state index contributed by atoms with van der Waals surface area (Å²) in [6.07, 6.45) is 6.03. The summed E-state index contributed by atoms with van der Waals surface area (Å²) in [6.45, 7) is 5.68. The lowest BCUT2D eigenvalue weighted by Crippen LogP contribution is -2.44. The van der Waals surface area contributed by atoms with Crippen molar-refractivity contribution in [3.05, 3.63) is 0 Å². The van der Waals surface area contributed by atoms with E-state index in [9.17, 15) is 4.79 Å². The lowest BCUT2D eigenvalue weighted by Gasteiger charge is -2.34. The van der Waals surface area contributed by atoms with Crippen LogP contribution in [0, 0.1) is 11.8 Å². The van der Waals surface area contributed by atoms with Crippen molar-refractivity contribution in [2.45, 2.75) is 45.1 Å². The summed E-state index contributed by atoms with van der Waals surface area (Å²) in [5.74, 6) is 1.72. The van der Waals surface area contributed by atoms with E-state index < -0.39 is 0 Å². The van der Waals surface area contributed by atoms with Crippen molar-refractivity contribution in [3.8, 4) is 0 Å². The molecule has 2 rings (SSSR count). The van der Waals surface area contributed by atoms with Crippen LogP contribution in [0.4, 0.5) is 0 Å². The van der Waals surface area contributed by atoms with Gasteiger partial charge in [-0.05, 0) is 57.0 Å². The van der Waals surface area contributed by atoms with Gasteiger partial charge in [-0.2, -0.15) is 0 Å². The smallest absolute Gasteiger partial charge is 0.236 e. The number of carbonyl (C=O) groups excluding carboxylic acids is 1. The van der Waals surface area contributed by atoms with E-state index in [1.54, 1.807) is 0 Å². The van der Waals surface area contributed by atoms with Crippen molar-refractivity contribution in [1.82, 2.24) is 9.80 Å². The summed E-state index contributed by atoms with van der Waals surface area (Å²) in [6, 6.07) is 0.469.